The van der Waals surface area contributed by atoms with Crippen LogP contribution in [0, 0.1) is 17.0 Å². The zero-order valence-corrected chi connectivity index (χ0v) is 16.3. The Kier molecular flexibility index (Phi) is 5.53. The standard InChI is InChI=1S/C19H22N6O3/c1-5-16-15(19(28-4)24(3)23-16)11-20-17-9-12(2)21-18(22-17)13-7-6-8-14(10-13)25(26)27/h6-10H,5,11H2,1-4H3,(H,20,21,22). The van der Waals surface area contributed by atoms with Crippen molar-refractivity contribution >= 4 is 11.5 Å². The van der Waals surface area contributed by atoms with Gasteiger partial charge < -0.3 is 10.1 Å². The van der Waals surface area contributed by atoms with Crippen molar-refractivity contribution in [1.29, 1.82) is 0 Å². The van der Waals surface area contributed by atoms with Crippen LogP contribution < -0.4 is 10.1 Å². The van der Waals surface area contributed by atoms with Crippen molar-refractivity contribution in [3.05, 3.63) is 57.4 Å². The van der Waals surface area contributed by atoms with Gasteiger partial charge in [-0.1, -0.05) is 19.1 Å². The molecule has 1 N–H and O–H groups in total. The number of benzene rings is 1. The van der Waals surface area contributed by atoms with Crippen molar-refractivity contribution in [3.63, 3.8) is 0 Å². The second kappa shape index (κ2) is 8.03. The molecule has 2 heterocycles. The van der Waals surface area contributed by atoms with Gasteiger partial charge >= 0.3 is 0 Å². The number of hydrogen-bond acceptors (Lipinski definition) is 7. The van der Waals surface area contributed by atoms with Gasteiger partial charge in [-0.2, -0.15) is 5.10 Å². The summed E-state index contributed by atoms with van der Waals surface area (Å²) in [6, 6.07) is 8.12. The van der Waals surface area contributed by atoms with Crippen LogP contribution in [0.1, 0.15) is 23.9 Å². The van der Waals surface area contributed by atoms with Crippen LogP contribution in [0.2, 0.25) is 0 Å². The summed E-state index contributed by atoms with van der Waals surface area (Å²) in [5.74, 6) is 1.76. The zero-order valence-electron chi connectivity index (χ0n) is 16.3. The minimum absolute atomic E-state index is 0.00444. The van der Waals surface area contributed by atoms with E-state index in [0.29, 0.717) is 29.6 Å². The summed E-state index contributed by atoms with van der Waals surface area (Å²) in [7, 11) is 3.46. The van der Waals surface area contributed by atoms with Crippen LogP contribution in [0.15, 0.2) is 30.3 Å². The van der Waals surface area contributed by atoms with E-state index in [2.05, 4.69) is 20.4 Å². The summed E-state index contributed by atoms with van der Waals surface area (Å²) in [6.45, 7) is 4.39. The molecule has 2 aromatic heterocycles. The molecule has 146 valence electrons. The molecule has 0 aliphatic carbocycles. The third-order valence-corrected chi connectivity index (χ3v) is 4.32. The maximum absolute atomic E-state index is 11.0. The van der Waals surface area contributed by atoms with Gasteiger partial charge in [-0.3, -0.25) is 10.1 Å². The highest BCUT2D eigenvalue weighted by Gasteiger charge is 2.16. The summed E-state index contributed by atoms with van der Waals surface area (Å²) in [5, 5.41) is 18.8. The Labute approximate surface area is 162 Å². The van der Waals surface area contributed by atoms with E-state index in [9.17, 15) is 10.1 Å². The Morgan fingerprint density at radius 1 is 1.29 bits per heavy atom. The van der Waals surface area contributed by atoms with Gasteiger partial charge in [0.1, 0.15) is 5.82 Å². The summed E-state index contributed by atoms with van der Waals surface area (Å²) >= 11 is 0. The molecular weight excluding hydrogens is 360 g/mol. The van der Waals surface area contributed by atoms with Gasteiger partial charge in [-0.15, -0.1) is 0 Å². The lowest BCUT2D eigenvalue weighted by atomic mass is 10.2. The van der Waals surface area contributed by atoms with Crippen molar-refractivity contribution in [3.8, 4) is 17.3 Å². The fourth-order valence-electron chi connectivity index (χ4n) is 3.05. The number of nitro groups is 1. The van der Waals surface area contributed by atoms with E-state index in [4.69, 9.17) is 4.74 Å². The van der Waals surface area contributed by atoms with Crippen LogP contribution >= 0.6 is 0 Å². The molecular formula is C19H22N6O3. The van der Waals surface area contributed by atoms with Gasteiger partial charge in [-0.05, 0) is 13.3 Å². The van der Waals surface area contributed by atoms with E-state index in [0.717, 1.165) is 23.4 Å². The number of aromatic nitrogens is 4. The summed E-state index contributed by atoms with van der Waals surface area (Å²) in [4.78, 5) is 19.5. The number of hydrogen-bond donors (Lipinski definition) is 1. The predicted octanol–water partition coefficient (Wildman–Crippen LogP) is 3.28. The topological polar surface area (TPSA) is 108 Å². The molecule has 0 unspecified atom stereocenters. The first kappa shape index (κ1) is 19.3. The smallest absolute Gasteiger partial charge is 0.270 e. The molecule has 1 aromatic carbocycles. The van der Waals surface area contributed by atoms with Crippen molar-refractivity contribution in [2.24, 2.45) is 7.05 Å². The molecule has 0 saturated carbocycles. The number of non-ortho nitro benzene ring substituents is 1. The molecule has 3 aromatic rings. The number of aryl methyl sites for hydroxylation is 3. The molecule has 9 nitrogen and oxygen atoms in total. The molecule has 0 bridgehead atoms. The first-order valence-electron chi connectivity index (χ1n) is 8.86. The molecule has 0 spiro atoms. The van der Waals surface area contributed by atoms with E-state index < -0.39 is 4.92 Å². The zero-order chi connectivity index (χ0) is 20.3. The third kappa shape index (κ3) is 3.93. The lowest BCUT2D eigenvalue weighted by Gasteiger charge is -2.10. The lowest BCUT2D eigenvalue weighted by molar-refractivity contribution is -0.384. The molecule has 0 fully saturated rings. The second-order valence-electron chi connectivity index (χ2n) is 6.29. The fourth-order valence-corrected chi connectivity index (χ4v) is 3.05. The predicted molar refractivity (Wildman–Crippen MR) is 105 cm³/mol. The molecule has 0 radical (unpaired) electrons. The Hall–Kier alpha value is -3.49. The Morgan fingerprint density at radius 2 is 2.07 bits per heavy atom. The number of methoxy groups -OCH3 is 1. The van der Waals surface area contributed by atoms with E-state index >= 15 is 0 Å². The summed E-state index contributed by atoms with van der Waals surface area (Å²) < 4.78 is 7.18. The highest BCUT2D eigenvalue weighted by molar-refractivity contribution is 5.61. The number of nitrogens with one attached hydrogen (secondary N) is 1. The van der Waals surface area contributed by atoms with Gasteiger partial charge in [0.15, 0.2) is 5.82 Å². The first-order chi connectivity index (χ1) is 13.4. The van der Waals surface area contributed by atoms with E-state index in [1.54, 1.807) is 23.9 Å². The minimum Gasteiger partial charge on any atom is -0.481 e. The van der Waals surface area contributed by atoms with Gasteiger partial charge in [0.2, 0.25) is 5.88 Å². The van der Waals surface area contributed by atoms with Crippen molar-refractivity contribution in [1.82, 2.24) is 19.7 Å². The fraction of sp³-hybridized carbons (Fsp3) is 0.316. The quantitative estimate of drug-likeness (QED) is 0.493. The van der Waals surface area contributed by atoms with Crippen LogP contribution in [-0.2, 0) is 20.0 Å². The number of ether oxygens (including phenoxy) is 1. The highest BCUT2D eigenvalue weighted by Crippen LogP contribution is 2.25. The molecule has 9 heteroatoms. The molecule has 0 aliphatic heterocycles. The SMILES string of the molecule is CCc1nn(C)c(OC)c1CNc1cc(C)nc(-c2cccc([N+](=O)[O-])c2)n1. The average molecular weight is 382 g/mol. The molecule has 0 amide bonds. The normalized spacial score (nSPS) is 10.7. The van der Waals surface area contributed by atoms with Crippen LogP contribution in [0.5, 0.6) is 5.88 Å². The largest absolute Gasteiger partial charge is 0.481 e. The van der Waals surface area contributed by atoms with Crippen LogP contribution in [0.4, 0.5) is 11.5 Å². The van der Waals surface area contributed by atoms with Crippen molar-refractivity contribution in [2.45, 2.75) is 26.8 Å². The van der Waals surface area contributed by atoms with Crippen LogP contribution in [-0.4, -0.2) is 31.8 Å². The van der Waals surface area contributed by atoms with Crippen molar-refractivity contribution in [2.75, 3.05) is 12.4 Å². The highest BCUT2D eigenvalue weighted by atomic mass is 16.6. The minimum atomic E-state index is -0.431. The first-order valence-corrected chi connectivity index (χ1v) is 8.86. The number of rotatable bonds is 7. The Bertz CT molecular complexity index is 1010. The van der Waals surface area contributed by atoms with E-state index in [-0.39, 0.29) is 5.69 Å². The number of nitro benzene ring substituents is 1. The molecule has 0 saturated heterocycles. The van der Waals surface area contributed by atoms with Crippen LogP contribution in [0.25, 0.3) is 11.4 Å². The van der Waals surface area contributed by atoms with E-state index in [1.807, 2.05) is 27.0 Å². The maximum Gasteiger partial charge on any atom is 0.270 e. The third-order valence-electron chi connectivity index (χ3n) is 4.32. The average Bonchev–Trinajstić information content (AvgIpc) is 3.00. The van der Waals surface area contributed by atoms with Crippen molar-refractivity contribution < 1.29 is 9.66 Å². The number of anilines is 1. The Morgan fingerprint density at radius 3 is 2.75 bits per heavy atom. The maximum atomic E-state index is 11.0. The van der Waals surface area contributed by atoms with Gasteiger partial charge in [0, 0.05) is 43.0 Å². The number of nitrogens with zero attached hydrogens (tertiary/aromatic N) is 5. The monoisotopic (exact) mass is 382 g/mol. The van der Waals surface area contributed by atoms with E-state index in [1.165, 1.54) is 12.1 Å². The lowest BCUT2D eigenvalue weighted by Crippen LogP contribution is -2.06. The summed E-state index contributed by atoms with van der Waals surface area (Å²) in [5.41, 5.74) is 3.28. The van der Waals surface area contributed by atoms with Crippen LogP contribution in [0.3, 0.4) is 0 Å². The Balaban J connectivity index is 1.89. The molecule has 3 rings (SSSR count). The summed E-state index contributed by atoms with van der Waals surface area (Å²) in [6.07, 6.45) is 0.788. The molecule has 0 aliphatic rings. The van der Waals surface area contributed by atoms with Gasteiger partial charge in [0.05, 0.1) is 23.3 Å². The van der Waals surface area contributed by atoms with Gasteiger partial charge in [-0.25, -0.2) is 14.6 Å². The molecule has 28 heavy (non-hydrogen) atoms. The van der Waals surface area contributed by atoms with Gasteiger partial charge in [0.25, 0.3) is 5.69 Å². The second-order valence-corrected chi connectivity index (χ2v) is 6.29. The molecule has 0 atom stereocenters.